The van der Waals surface area contributed by atoms with Crippen LogP contribution >= 0.6 is 0 Å². The van der Waals surface area contributed by atoms with E-state index in [1.165, 1.54) is 12.1 Å². The summed E-state index contributed by atoms with van der Waals surface area (Å²) in [4.78, 5) is 25.3. The molecular weight excluding hydrogens is 571 g/mol. The van der Waals surface area contributed by atoms with Crippen molar-refractivity contribution in [2.75, 3.05) is 5.32 Å². The maximum absolute atomic E-state index is 14.2. The number of nitrogens with one attached hydrogen (secondary N) is 1. The van der Waals surface area contributed by atoms with E-state index in [-0.39, 0.29) is 37.0 Å². The molecule has 0 saturated heterocycles. The number of rotatable bonds is 12. The second-order valence-electron chi connectivity index (χ2n) is 11.6. The number of anilines is 1. The molecule has 7 nitrogen and oxygen atoms in total. The number of hydrogen-bond donors (Lipinski definition) is 4. The molecule has 0 saturated carbocycles. The zero-order valence-electron chi connectivity index (χ0n) is 25.3. The number of halogens is 1. The molecule has 1 heterocycles. The Balaban J connectivity index is 1.76. The van der Waals surface area contributed by atoms with Gasteiger partial charge < -0.3 is 25.2 Å². The zero-order chi connectivity index (χ0) is 32.1. The molecule has 8 heteroatoms. The number of nitrogens with zero attached hydrogens (tertiary/aromatic N) is 1. The fraction of sp³-hybridized carbons (Fsp3) is 0.243. The SMILES string of the molecule is CC(C)c1ccc2c(c1C(=O)Nc1ccccc1)c(-c1ccccc1)c(-c1ccc(F)cc1)n2CC[C@@H](O)C[C@@H](O)CC(=O)O. The number of para-hydroxylation sites is 1. The summed E-state index contributed by atoms with van der Waals surface area (Å²) in [5.41, 5.74) is 5.98. The largest absolute Gasteiger partial charge is 0.481 e. The average molecular weight is 609 g/mol. The van der Waals surface area contributed by atoms with Crippen LogP contribution < -0.4 is 5.32 Å². The van der Waals surface area contributed by atoms with Gasteiger partial charge in [-0.2, -0.15) is 0 Å². The van der Waals surface area contributed by atoms with Gasteiger partial charge in [0.1, 0.15) is 5.82 Å². The topological polar surface area (TPSA) is 112 Å². The molecule has 4 N–H and O–H groups in total. The number of hydrogen-bond acceptors (Lipinski definition) is 4. The van der Waals surface area contributed by atoms with E-state index in [4.69, 9.17) is 5.11 Å². The highest BCUT2D eigenvalue weighted by atomic mass is 19.1. The fourth-order valence-electron chi connectivity index (χ4n) is 5.92. The predicted octanol–water partition coefficient (Wildman–Crippen LogP) is 7.47. The van der Waals surface area contributed by atoms with Gasteiger partial charge in [0, 0.05) is 28.7 Å². The Morgan fingerprint density at radius 2 is 1.47 bits per heavy atom. The van der Waals surface area contributed by atoms with Crippen LogP contribution in [0.15, 0.2) is 97.1 Å². The van der Waals surface area contributed by atoms with Crippen molar-refractivity contribution in [1.82, 2.24) is 4.57 Å². The van der Waals surface area contributed by atoms with Crippen molar-refractivity contribution in [3.05, 3.63) is 114 Å². The first-order valence-corrected chi connectivity index (χ1v) is 15.1. The predicted molar refractivity (Wildman–Crippen MR) is 175 cm³/mol. The second-order valence-corrected chi connectivity index (χ2v) is 11.6. The minimum atomic E-state index is -1.18. The summed E-state index contributed by atoms with van der Waals surface area (Å²) in [5, 5.41) is 33.8. The molecule has 1 aromatic heterocycles. The van der Waals surface area contributed by atoms with Crippen LogP contribution in [0.3, 0.4) is 0 Å². The quantitative estimate of drug-likeness (QED) is 0.117. The van der Waals surface area contributed by atoms with Gasteiger partial charge in [0.25, 0.3) is 5.91 Å². The third kappa shape index (κ3) is 7.14. The van der Waals surface area contributed by atoms with Crippen LogP contribution in [0, 0.1) is 5.82 Å². The number of benzene rings is 4. The van der Waals surface area contributed by atoms with Crippen molar-refractivity contribution in [3.8, 4) is 22.4 Å². The Morgan fingerprint density at radius 3 is 2.09 bits per heavy atom. The molecule has 0 aliphatic carbocycles. The first kappa shape index (κ1) is 31.6. The third-order valence-corrected chi connectivity index (χ3v) is 7.96. The molecule has 45 heavy (non-hydrogen) atoms. The number of aryl methyl sites for hydroxylation is 1. The Kier molecular flexibility index (Phi) is 9.76. The molecule has 0 spiro atoms. The van der Waals surface area contributed by atoms with Crippen molar-refractivity contribution in [3.63, 3.8) is 0 Å². The van der Waals surface area contributed by atoms with Gasteiger partial charge in [-0.25, -0.2) is 4.39 Å². The lowest BCUT2D eigenvalue weighted by atomic mass is 9.89. The molecule has 0 aliphatic rings. The van der Waals surface area contributed by atoms with Gasteiger partial charge in [-0.3, -0.25) is 9.59 Å². The number of aliphatic hydroxyl groups excluding tert-OH is 2. The van der Waals surface area contributed by atoms with Gasteiger partial charge in [0.2, 0.25) is 0 Å². The van der Waals surface area contributed by atoms with E-state index in [1.54, 1.807) is 12.1 Å². The summed E-state index contributed by atoms with van der Waals surface area (Å²) < 4.78 is 16.2. The Hall–Kier alpha value is -4.79. The van der Waals surface area contributed by atoms with Crippen LogP contribution in [0.2, 0.25) is 0 Å². The molecule has 5 rings (SSSR count). The van der Waals surface area contributed by atoms with Crippen LogP contribution in [-0.2, 0) is 11.3 Å². The zero-order valence-corrected chi connectivity index (χ0v) is 25.3. The summed E-state index contributed by atoms with van der Waals surface area (Å²) >= 11 is 0. The third-order valence-electron chi connectivity index (χ3n) is 7.96. The van der Waals surface area contributed by atoms with Crippen molar-refractivity contribution < 1.29 is 29.3 Å². The lowest BCUT2D eigenvalue weighted by Gasteiger charge is -2.18. The molecule has 1 amide bonds. The second kappa shape index (κ2) is 13.9. The summed E-state index contributed by atoms with van der Waals surface area (Å²) in [6, 6.07) is 29.1. The van der Waals surface area contributed by atoms with E-state index in [2.05, 4.69) is 5.32 Å². The van der Waals surface area contributed by atoms with Crippen LogP contribution in [0.5, 0.6) is 0 Å². The molecule has 2 atom stereocenters. The van der Waals surface area contributed by atoms with Crippen molar-refractivity contribution >= 4 is 28.5 Å². The smallest absolute Gasteiger partial charge is 0.305 e. The van der Waals surface area contributed by atoms with Crippen LogP contribution in [-0.4, -0.2) is 44.0 Å². The summed E-state index contributed by atoms with van der Waals surface area (Å²) in [6.45, 7) is 4.37. The van der Waals surface area contributed by atoms with E-state index >= 15 is 0 Å². The Morgan fingerprint density at radius 1 is 0.822 bits per heavy atom. The molecule has 0 fully saturated rings. The van der Waals surface area contributed by atoms with Crippen molar-refractivity contribution in [2.24, 2.45) is 0 Å². The number of aliphatic hydroxyl groups is 2. The molecule has 0 bridgehead atoms. The highest BCUT2D eigenvalue weighted by Gasteiger charge is 2.28. The van der Waals surface area contributed by atoms with Crippen molar-refractivity contribution in [1.29, 1.82) is 0 Å². The molecule has 0 unspecified atom stereocenters. The molecular formula is C37H37FN2O5. The van der Waals surface area contributed by atoms with Gasteiger partial charge in [-0.15, -0.1) is 0 Å². The molecule has 232 valence electrons. The number of carboxylic acids is 1. The summed E-state index contributed by atoms with van der Waals surface area (Å²) in [7, 11) is 0. The maximum Gasteiger partial charge on any atom is 0.305 e. The lowest BCUT2D eigenvalue weighted by molar-refractivity contribution is -0.139. The minimum absolute atomic E-state index is 0.0183. The van der Waals surface area contributed by atoms with Crippen LogP contribution in [0.25, 0.3) is 33.3 Å². The van der Waals surface area contributed by atoms with E-state index in [0.29, 0.717) is 11.3 Å². The first-order chi connectivity index (χ1) is 21.6. The normalized spacial score (nSPS) is 12.8. The number of fused-ring (bicyclic) bond motifs is 1. The van der Waals surface area contributed by atoms with E-state index in [9.17, 15) is 24.2 Å². The Bertz CT molecular complexity index is 1780. The summed E-state index contributed by atoms with van der Waals surface area (Å²) in [6.07, 6.45) is -2.50. The van der Waals surface area contributed by atoms with Crippen LogP contribution in [0.1, 0.15) is 54.9 Å². The van der Waals surface area contributed by atoms with E-state index < -0.39 is 24.6 Å². The lowest BCUT2D eigenvalue weighted by Crippen LogP contribution is -2.22. The van der Waals surface area contributed by atoms with Gasteiger partial charge in [0.15, 0.2) is 0 Å². The number of aromatic nitrogens is 1. The van der Waals surface area contributed by atoms with Gasteiger partial charge in [-0.1, -0.05) is 68.4 Å². The number of aliphatic carboxylic acids is 1. The molecule has 0 aliphatic heterocycles. The average Bonchev–Trinajstić information content (AvgIpc) is 3.34. The van der Waals surface area contributed by atoms with Gasteiger partial charge in [-0.05, 0) is 77.9 Å². The Labute approximate surface area is 261 Å². The number of carbonyl (C=O) groups excluding carboxylic acids is 1. The van der Waals surface area contributed by atoms with Crippen LogP contribution in [0.4, 0.5) is 10.1 Å². The van der Waals surface area contributed by atoms with E-state index in [1.807, 2.05) is 91.2 Å². The number of carboxylic acid groups (broad SMARTS) is 1. The fourth-order valence-corrected chi connectivity index (χ4v) is 5.92. The van der Waals surface area contributed by atoms with Gasteiger partial charge in [0.05, 0.1) is 29.9 Å². The van der Waals surface area contributed by atoms with Gasteiger partial charge >= 0.3 is 5.97 Å². The minimum Gasteiger partial charge on any atom is -0.481 e. The molecule has 4 aromatic carbocycles. The standard InChI is InChI=1S/C37H37FN2O5/c1-23(2)30-17-18-31-35(34(30)37(45)39-27-11-7-4-8-12-27)33(24-9-5-3-6-10-24)36(25-13-15-26(38)16-14-25)40(31)20-19-28(41)21-29(42)22-32(43)44/h3-18,23,28-29,41-42H,19-22H2,1-2H3,(H,39,45)(H,43,44)/t28-,29-/m1/s1. The monoisotopic (exact) mass is 608 g/mol. The van der Waals surface area contributed by atoms with E-state index in [0.717, 1.165) is 38.9 Å². The van der Waals surface area contributed by atoms with Crippen molar-refractivity contribution in [2.45, 2.75) is 57.8 Å². The highest BCUT2D eigenvalue weighted by molar-refractivity contribution is 6.19. The summed E-state index contributed by atoms with van der Waals surface area (Å²) in [5.74, 6) is -1.76. The number of amides is 1. The number of carbonyl (C=O) groups is 2. The molecule has 5 aromatic rings. The maximum atomic E-state index is 14.2. The molecule has 0 radical (unpaired) electrons. The highest BCUT2D eigenvalue weighted by Crippen LogP contribution is 2.44. The first-order valence-electron chi connectivity index (χ1n) is 15.1.